The lowest BCUT2D eigenvalue weighted by Gasteiger charge is -2.10. The van der Waals surface area contributed by atoms with Crippen LogP contribution in [0.15, 0.2) is 0 Å². The summed E-state index contributed by atoms with van der Waals surface area (Å²) in [7, 11) is -0.688. The van der Waals surface area contributed by atoms with Gasteiger partial charge in [0.2, 0.25) is 0 Å². The van der Waals surface area contributed by atoms with Crippen LogP contribution in [0.25, 0.3) is 0 Å². The summed E-state index contributed by atoms with van der Waals surface area (Å²) in [5, 5.41) is 9.79. The summed E-state index contributed by atoms with van der Waals surface area (Å²) >= 11 is 0. The summed E-state index contributed by atoms with van der Waals surface area (Å²) in [6.07, 6.45) is -0.903. The number of rotatable bonds is 4. The number of hydrogen-bond donors (Lipinski definition) is 1. The molecule has 6 heteroatoms. The van der Waals surface area contributed by atoms with Gasteiger partial charge in [-0.1, -0.05) is 0 Å². The van der Waals surface area contributed by atoms with Crippen molar-refractivity contribution in [3.05, 3.63) is 0 Å². The molecule has 0 aliphatic rings. The lowest BCUT2D eigenvalue weighted by molar-refractivity contribution is 0.00381. The first-order valence-corrected chi connectivity index (χ1v) is 4.69. The van der Waals surface area contributed by atoms with Crippen LogP contribution < -0.4 is 0 Å². The number of hydrogen-bond acceptors (Lipinski definition) is 5. The van der Waals surface area contributed by atoms with Crippen molar-refractivity contribution < 1.29 is 17.8 Å². The Hall–Kier alpha value is -0.170. The predicted octanol–water partition coefficient (Wildman–Crippen LogP) is -0.810. The molecule has 0 amide bonds. The third kappa shape index (κ3) is 6.24. The summed E-state index contributed by atoms with van der Waals surface area (Å²) in [4.78, 5) is 0. The van der Waals surface area contributed by atoms with Crippen molar-refractivity contribution in [2.24, 2.45) is 0 Å². The zero-order valence-electron chi connectivity index (χ0n) is 6.81. The van der Waals surface area contributed by atoms with Gasteiger partial charge >= 0.3 is 0 Å². The Labute approximate surface area is 66.7 Å². The van der Waals surface area contributed by atoms with Gasteiger partial charge < -0.3 is 5.11 Å². The van der Waals surface area contributed by atoms with E-state index in [9.17, 15) is 8.42 Å². The molecule has 0 aliphatic heterocycles. The molecule has 0 aromatic rings. The summed E-state index contributed by atoms with van der Waals surface area (Å²) in [6, 6.07) is 0. The molecule has 0 heterocycles. The Morgan fingerprint density at radius 1 is 1.55 bits per heavy atom. The molecular weight excluding hydrogens is 170 g/mol. The monoisotopic (exact) mass is 183 g/mol. The molecule has 0 radical (unpaired) electrons. The van der Waals surface area contributed by atoms with Crippen LogP contribution in [0.1, 0.15) is 6.92 Å². The molecule has 5 nitrogen and oxygen atoms in total. The van der Waals surface area contributed by atoms with Crippen molar-refractivity contribution in [3.63, 3.8) is 0 Å². The Morgan fingerprint density at radius 3 is 2.27 bits per heavy atom. The summed E-state index contributed by atoms with van der Waals surface area (Å²) in [6.45, 7) is 1.39. The van der Waals surface area contributed by atoms with Crippen molar-refractivity contribution in [2.75, 3.05) is 19.8 Å². The zero-order valence-corrected chi connectivity index (χ0v) is 7.63. The molecule has 0 rings (SSSR count). The number of aliphatic hydroxyl groups is 1. The minimum absolute atomic E-state index is 0.384. The van der Waals surface area contributed by atoms with Gasteiger partial charge in [0.05, 0.1) is 6.10 Å². The minimum atomic E-state index is -3.60. The van der Waals surface area contributed by atoms with Gasteiger partial charge in [0.25, 0.3) is 10.1 Å². The molecule has 11 heavy (non-hydrogen) atoms. The Kier molecular flexibility index (Phi) is 3.95. The molecule has 0 spiro atoms. The quantitative estimate of drug-likeness (QED) is 0.577. The van der Waals surface area contributed by atoms with Crippen molar-refractivity contribution in [2.45, 2.75) is 13.0 Å². The largest absolute Gasteiger partial charge is 0.392 e. The van der Waals surface area contributed by atoms with Gasteiger partial charge in [-0.2, -0.15) is 17.8 Å². The van der Waals surface area contributed by atoms with Gasteiger partial charge in [0.15, 0.2) is 0 Å². The number of aliphatic hydroxyl groups excluding tert-OH is 1. The standard InChI is InChI=1S/C5H13NO4S/c1-5(7)4-11(8,9)10-6(2)3/h5,7H,4H2,1-3H3. The van der Waals surface area contributed by atoms with Crippen LogP contribution in [0.2, 0.25) is 0 Å². The number of hydroxylamine groups is 2. The van der Waals surface area contributed by atoms with E-state index in [-0.39, 0.29) is 5.75 Å². The van der Waals surface area contributed by atoms with Crippen LogP contribution in [-0.4, -0.2) is 44.5 Å². The highest BCUT2D eigenvalue weighted by atomic mass is 32.2. The van der Waals surface area contributed by atoms with E-state index in [4.69, 9.17) is 5.11 Å². The maximum absolute atomic E-state index is 10.8. The minimum Gasteiger partial charge on any atom is -0.392 e. The van der Waals surface area contributed by atoms with Gasteiger partial charge in [-0.25, -0.2) is 0 Å². The van der Waals surface area contributed by atoms with Gasteiger partial charge in [-0.3, -0.25) is 0 Å². The van der Waals surface area contributed by atoms with Gasteiger partial charge in [-0.05, 0) is 6.92 Å². The van der Waals surface area contributed by atoms with E-state index in [0.29, 0.717) is 0 Å². The van der Waals surface area contributed by atoms with E-state index in [1.807, 2.05) is 0 Å². The van der Waals surface area contributed by atoms with Crippen molar-refractivity contribution in [3.8, 4) is 0 Å². The molecule has 0 saturated heterocycles. The fourth-order valence-corrected chi connectivity index (χ4v) is 1.66. The topological polar surface area (TPSA) is 66.8 Å². The van der Waals surface area contributed by atoms with Gasteiger partial charge in [0, 0.05) is 14.1 Å². The summed E-state index contributed by atoms with van der Waals surface area (Å²) in [5.74, 6) is -0.384. The van der Waals surface area contributed by atoms with Crippen LogP contribution in [0.4, 0.5) is 0 Å². The highest BCUT2D eigenvalue weighted by Gasteiger charge is 2.15. The first kappa shape index (κ1) is 10.8. The lowest BCUT2D eigenvalue weighted by Crippen LogP contribution is -2.25. The van der Waals surface area contributed by atoms with E-state index in [1.165, 1.54) is 21.0 Å². The van der Waals surface area contributed by atoms with E-state index in [0.717, 1.165) is 5.06 Å². The van der Waals surface area contributed by atoms with Crippen LogP contribution in [0, 0.1) is 0 Å². The van der Waals surface area contributed by atoms with Gasteiger partial charge in [0.1, 0.15) is 5.75 Å². The van der Waals surface area contributed by atoms with Crippen molar-refractivity contribution >= 4 is 10.1 Å². The highest BCUT2D eigenvalue weighted by molar-refractivity contribution is 7.86. The maximum atomic E-state index is 10.8. The molecule has 0 bridgehead atoms. The fourth-order valence-electron chi connectivity index (χ4n) is 0.553. The Bertz CT molecular complexity index is 181. The smallest absolute Gasteiger partial charge is 0.285 e. The van der Waals surface area contributed by atoms with Crippen LogP contribution in [0.3, 0.4) is 0 Å². The van der Waals surface area contributed by atoms with Crippen LogP contribution in [0.5, 0.6) is 0 Å². The lowest BCUT2D eigenvalue weighted by atomic mass is 10.5. The van der Waals surface area contributed by atoms with Crippen molar-refractivity contribution in [1.82, 2.24) is 5.06 Å². The second-order valence-corrected chi connectivity index (χ2v) is 4.06. The predicted molar refractivity (Wildman–Crippen MR) is 40.2 cm³/mol. The highest BCUT2D eigenvalue weighted by Crippen LogP contribution is 1.97. The molecule has 1 atom stereocenters. The SMILES string of the molecule is CC(O)CS(=O)(=O)ON(C)C. The molecule has 0 saturated carbocycles. The molecule has 68 valence electrons. The third-order valence-corrected chi connectivity index (χ3v) is 2.12. The van der Waals surface area contributed by atoms with E-state index >= 15 is 0 Å². The molecule has 0 fully saturated rings. The molecule has 1 unspecified atom stereocenters. The molecule has 1 N–H and O–H groups in total. The number of nitrogens with zero attached hydrogens (tertiary/aromatic N) is 1. The average molecular weight is 183 g/mol. The Balaban J connectivity index is 4.03. The maximum Gasteiger partial charge on any atom is 0.285 e. The van der Waals surface area contributed by atoms with Gasteiger partial charge in [-0.15, -0.1) is 0 Å². The Morgan fingerprint density at radius 2 is 2.00 bits per heavy atom. The summed E-state index contributed by atoms with van der Waals surface area (Å²) < 4.78 is 26.0. The van der Waals surface area contributed by atoms with E-state index in [2.05, 4.69) is 4.28 Å². The second-order valence-electron chi connectivity index (χ2n) is 2.46. The first-order chi connectivity index (χ1) is 4.83. The van der Waals surface area contributed by atoms with E-state index < -0.39 is 16.2 Å². The molecule has 0 aromatic carbocycles. The normalized spacial score (nSPS) is 15.4. The van der Waals surface area contributed by atoms with Crippen LogP contribution in [-0.2, 0) is 14.4 Å². The molecular formula is C5H13NO4S. The van der Waals surface area contributed by atoms with Crippen LogP contribution >= 0.6 is 0 Å². The van der Waals surface area contributed by atoms with Crippen molar-refractivity contribution in [1.29, 1.82) is 0 Å². The fraction of sp³-hybridized carbons (Fsp3) is 1.00. The second kappa shape index (κ2) is 4.01. The third-order valence-electron chi connectivity index (χ3n) is 0.708. The average Bonchev–Trinajstić information content (AvgIpc) is 1.53. The molecule has 0 aliphatic carbocycles. The summed E-state index contributed by atoms with van der Waals surface area (Å²) in [5.41, 5.74) is 0. The molecule has 0 aromatic heterocycles. The zero-order chi connectivity index (χ0) is 9.07. The van der Waals surface area contributed by atoms with E-state index in [1.54, 1.807) is 0 Å². The first-order valence-electron chi connectivity index (χ1n) is 3.11.